The van der Waals surface area contributed by atoms with E-state index in [1.807, 2.05) is 0 Å². The van der Waals surface area contributed by atoms with Gasteiger partial charge in [0.25, 0.3) is 5.69 Å². The lowest BCUT2D eigenvalue weighted by Gasteiger charge is -2.16. The first-order chi connectivity index (χ1) is 11.4. The van der Waals surface area contributed by atoms with Gasteiger partial charge in [0.2, 0.25) is 5.78 Å². The zero-order chi connectivity index (χ0) is 17.4. The van der Waals surface area contributed by atoms with E-state index in [2.05, 4.69) is 0 Å². The molecule has 1 aliphatic carbocycles. The Hall–Kier alpha value is -2.67. The summed E-state index contributed by atoms with van der Waals surface area (Å²) in [6.07, 6.45) is 2.61. The van der Waals surface area contributed by atoms with Crippen LogP contribution in [0.4, 0.5) is 5.69 Å². The van der Waals surface area contributed by atoms with Crippen molar-refractivity contribution >= 4 is 23.1 Å². The van der Waals surface area contributed by atoms with Gasteiger partial charge in [-0.25, -0.2) is 4.79 Å². The molecule has 1 aromatic heterocycles. The highest BCUT2D eigenvalue weighted by molar-refractivity contribution is 6.31. The number of hydrogen-bond donors (Lipinski definition) is 1. The van der Waals surface area contributed by atoms with Crippen molar-refractivity contribution in [3.63, 3.8) is 0 Å². The van der Waals surface area contributed by atoms with Gasteiger partial charge in [0.1, 0.15) is 17.1 Å². The largest absolute Gasteiger partial charge is 0.506 e. The predicted molar refractivity (Wildman–Crippen MR) is 84.8 cm³/mol. The second-order valence-corrected chi connectivity index (χ2v) is 5.91. The molecule has 0 spiro atoms. The van der Waals surface area contributed by atoms with Gasteiger partial charge in [-0.2, -0.15) is 0 Å². The summed E-state index contributed by atoms with van der Waals surface area (Å²) < 4.78 is 5.15. The molecule has 2 aromatic rings. The number of carbonyl (C=O) groups is 1. The highest BCUT2D eigenvalue weighted by Gasteiger charge is 2.30. The summed E-state index contributed by atoms with van der Waals surface area (Å²) in [6, 6.07) is 3.48. The fraction of sp³-hybridized carbons (Fsp3) is 0.250. The monoisotopic (exact) mass is 349 g/mol. The molecule has 0 unspecified atom stereocenters. The molecule has 0 atom stereocenters. The second kappa shape index (κ2) is 6.09. The van der Waals surface area contributed by atoms with Crippen LogP contribution in [0.3, 0.4) is 0 Å². The van der Waals surface area contributed by atoms with E-state index in [1.54, 1.807) is 0 Å². The van der Waals surface area contributed by atoms with Crippen LogP contribution in [-0.2, 0) is 12.8 Å². The number of benzene rings is 1. The Morgan fingerprint density at radius 1 is 1.29 bits per heavy atom. The second-order valence-electron chi connectivity index (χ2n) is 5.47. The van der Waals surface area contributed by atoms with Crippen LogP contribution in [0.25, 0.3) is 0 Å². The molecule has 0 bridgehead atoms. The topological polar surface area (TPSA) is 111 Å². The number of aromatic hydroxyl groups is 1. The minimum atomic E-state index is -0.998. The molecule has 0 aliphatic heterocycles. The molecule has 1 heterocycles. The van der Waals surface area contributed by atoms with Crippen molar-refractivity contribution in [3.05, 3.63) is 66.2 Å². The molecule has 0 amide bonds. The lowest BCUT2D eigenvalue weighted by Crippen LogP contribution is -2.20. The lowest BCUT2D eigenvalue weighted by atomic mass is 9.93. The Morgan fingerprint density at radius 2 is 2.00 bits per heavy atom. The highest BCUT2D eigenvalue weighted by Crippen LogP contribution is 2.33. The van der Waals surface area contributed by atoms with E-state index in [1.165, 1.54) is 6.07 Å². The fourth-order valence-corrected chi connectivity index (χ4v) is 3.00. The summed E-state index contributed by atoms with van der Waals surface area (Å²) in [6.45, 7) is 0. The molecule has 1 aromatic carbocycles. The Kier molecular flexibility index (Phi) is 4.11. The summed E-state index contributed by atoms with van der Waals surface area (Å²) in [5.41, 5.74) is -2.03. The number of nitro groups is 1. The Balaban J connectivity index is 2.19. The van der Waals surface area contributed by atoms with Gasteiger partial charge in [-0.3, -0.25) is 14.9 Å². The van der Waals surface area contributed by atoms with Gasteiger partial charge in [0.15, 0.2) is 5.56 Å². The molecular formula is C16H12ClNO6. The quantitative estimate of drug-likeness (QED) is 0.518. The van der Waals surface area contributed by atoms with Gasteiger partial charge < -0.3 is 9.52 Å². The Labute approximate surface area is 140 Å². The van der Waals surface area contributed by atoms with Gasteiger partial charge in [-0.05, 0) is 31.4 Å². The Bertz CT molecular complexity index is 918. The molecule has 0 fully saturated rings. The first-order valence-corrected chi connectivity index (χ1v) is 7.64. The van der Waals surface area contributed by atoms with Crippen LogP contribution >= 0.6 is 11.6 Å². The fourth-order valence-electron chi connectivity index (χ4n) is 2.83. The zero-order valence-corrected chi connectivity index (χ0v) is 13.1. The molecule has 3 rings (SSSR count). The predicted octanol–water partition coefficient (Wildman–Crippen LogP) is 3.02. The van der Waals surface area contributed by atoms with E-state index in [0.717, 1.165) is 25.0 Å². The summed E-state index contributed by atoms with van der Waals surface area (Å²) >= 11 is 5.72. The van der Waals surface area contributed by atoms with E-state index in [0.29, 0.717) is 24.2 Å². The first-order valence-electron chi connectivity index (χ1n) is 7.26. The van der Waals surface area contributed by atoms with Crippen LogP contribution in [0.15, 0.2) is 27.4 Å². The Morgan fingerprint density at radius 3 is 2.71 bits per heavy atom. The minimum absolute atomic E-state index is 0.0833. The summed E-state index contributed by atoms with van der Waals surface area (Å²) in [4.78, 5) is 35.1. The lowest BCUT2D eigenvalue weighted by molar-refractivity contribution is -0.385. The number of aryl methyl sites for hydroxylation is 1. The minimum Gasteiger partial charge on any atom is -0.506 e. The summed E-state index contributed by atoms with van der Waals surface area (Å²) in [7, 11) is 0. The third kappa shape index (κ3) is 2.67. The van der Waals surface area contributed by atoms with Crippen LogP contribution in [0.2, 0.25) is 5.02 Å². The SMILES string of the molecule is O=C(c1ccc(Cl)cc1[N+](=O)[O-])c1c(O)c2c(oc1=O)CCCC2. The van der Waals surface area contributed by atoms with E-state index in [9.17, 15) is 24.8 Å². The number of fused-ring (bicyclic) bond motifs is 1. The summed E-state index contributed by atoms with van der Waals surface area (Å²) in [5, 5.41) is 21.6. The average molecular weight is 350 g/mol. The van der Waals surface area contributed by atoms with Crippen LogP contribution in [0.1, 0.15) is 40.1 Å². The number of hydrogen-bond acceptors (Lipinski definition) is 6. The number of rotatable bonds is 3. The maximum atomic E-state index is 12.6. The maximum absolute atomic E-state index is 12.6. The smallest absolute Gasteiger partial charge is 0.351 e. The van der Waals surface area contributed by atoms with Crippen molar-refractivity contribution in [2.75, 3.05) is 0 Å². The average Bonchev–Trinajstić information content (AvgIpc) is 2.54. The maximum Gasteiger partial charge on any atom is 0.351 e. The third-order valence-electron chi connectivity index (χ3n) is 3.99. The van der Waals surface area contributed by atoms with Crippen molar-refractivity contribution < 1.29 is 19.2 Å². The summed E-state index contributed by atoms with van der Waals surface area (Å²) in [5.74, 6) is -1.04. The molecule has 1 aliphatic rings. The molecule has 0 saturated carbocycles. The molecular weight excluding hydrogens is 338 g/mol. The van der Waals surface area contributed by atoms with Crippen LogP contribution < -0.4 is 5.63 Å². The first kappa shape index (κ1) is 16.2. The number of halogens is 1. The van der Waals surface area contributed by atoms with Crippen molar-refractivity contribution in [2.24, 2.45) is 0 Å². The van der Waals surface area contributed by atoms with Crippen LogP contribution in [0, 0.1) is 10.1 Å². The van der Waals surface area contributed by atoms with Gasteiger partial charge in [0, 0.05) is 23.1 Å². The van der Waals surface area contributed by atoms with Crippen LogP contribution in [-0.4, -0.2) is 15.8 Å². The van der Waals surface area contributed by atoms with Crippen molar-refractivity contribution in [1.82, 2.24) is 0 Å². The highest BCUT2D eigenvalue weighted by atomic mass is 35.5. The van der Waals surface area contributed by atoms with Crippen molar-refractivity contribution in [2.45, 2.75) is 25.7 Å². The standard InChI is InChI=1S/C16H12ClNO6/c17-8-5-6-9(11(7-8)18(22)23)14(19)13-15(20)10-3-1-2-4-12(10)24-16(13)21/h5-7,20H,1-4H2. The van der Waals surface area contributed by atoms with Crippen molar-refractivity contribution in [1.29, 1.82) is 0 Å². The molecule has 7 nitrogen and oxygen atoms in total. The van der Waals surface area contributed by atoms with Crippen molar-refractivity contribution in [3.8, 4) is 5.75 Å². The number of nitro benzene ring substituents is 1. The third-order valence-corrected chi connectivity index (χ3v) is 4.22. The molecule has 24 heavy (non-hydrogen) atoms. The number of nitrogens with zero attached hydrogens (tertiary/aromatic N) is 1. The molecule has 0 saturated heterocycles. The zero-order valence-electron chi connectivity index (χ0n) is 12.4. The number of ketones is 1. The van der Waals surface area contributed by atoms with Gasteiger partial charge in [-0.15, -0.1) is 0 Å². The van der Waals surface area contributed by atoms with E-state index in [-0.39, 0.29) is 10.6 Å². The van der Waals surface area contributed by atoms with Gasteiger partial charge in [0.05, 0.1) is 4.92 Å². The molecule has 0 radical (unpaired) electrons. The molecule has 124 valence electrons. The van der Waals surface area contributed by atoms with E-state index >= 15 is 0 Å². The van der Waals surface area contributed by atoms with E-state index in [4.69, 9.17) is 16.0 Å². The molecule has 8 heteroatoms. The normalized spacial score (nSPS) is 13.4. The van der Waals surface area contributed by atoms with E-state index < -0.39 is 33.3 Å². The van der Waals surface area contributed by atoms with Gasteiger partial charge in [-0.1, -0.05) is 11.6 Å². The number of carbonyl (C=O) groups excluding carboxylic acids is 1. The molecule has 1 N–H and O–H groups in total. The van der Waals surface area contributed by atoms with Crippen LogP contribution in [0.5, 0.6) is 5.75 Å². The van der Waals surface area contributed by atoms with Gasteiger partial charge >= 0.3 is 5.63 Å².